The van der Waals surface area contributed by atoms with E-state index in [1.807, 2.05) is 0 Å². The second-order valence-electron chi connectivity index (χ2n) is 3.56. The van der Waals surface area contributed by atoms with Crippen LogP contribution in [0, 0.1) is 11.6 Å². The third-order valence-electron chi connectivity index (χ3n) is 2.26. The van der Waals surface area contributed by atoms with Gasteiger partial charge in [0.2, 0.25) is 0 Å². The maximum Gasteiger partial charge on any atom is 0.303 e. The largest absolute Gasteiger partial charge is 0.481 e. The summed E-state index contributed by atoms with van der Waals surface area (Å²) in [6.07, 6.45) is 0.629. The molecule has 0 bridgehead atoms. The SMILES string of the molecule is NC(CCCC(=O)O)c1cc(F)ccc1F. The molecule has 0 saturated heterocycles. The first kappa shape index (κ1) is 12.6. The second kappa shape index (κ2) is 5.55. The van der Waals surface area contributed by atoms with Crippen LogP contribution in [0.5, 0.6) is 0 Å². The average molecular weight is 229 g/mol. The van der Waals surface area contributed by atoms with E-state index in [9.17, 15) is 13.6 Å². The molecule has 16 heavy (non-hydrogen) atoms. The highest BCUT2D eigenvalue weighted by Crippen LogP contribution is 2.20. The van der Waals surface area contributed by atoms with Crippen molar-refractivity contribution in [1.82, 2.24) is 0 Å². The normalized spacial score (nSPS) is 12.4. The number of carbonyl (C=O) groups is 1. The number of carboxylic acid groups (broad SMARTS) is 1. The van der Waals surface area contributed by atoms with E-state index in [1.165, 1.54) is 0 Å². The van der Waals surface area contributed by atoms with Crippen LogP contribution < -0.4 is 5.73 Å². The Balaban J connectivity index is 2.61. The van der Waals surface area contributed by atoms with E-state index in [1.54, 1.807) is 0 Å². The van der Waals surface area contributed by atoms with Crippen LogP contribution in [0.4, 0.5) is 8.78 Å². The highest BCUT2D eigenvalue weighted by Gasteiger charge is 2.12. The first-order valence-corrected chi connectivity index (χ1v) is 4.93. The topological polar surface area (TPSA) is 63.3 Å². The Kier molecular flexibility index (Phi) is 4.37. The molecule has 1 aromatic rings. The number of benzene rings is 1. The molecule has 0 amide bonds. The molecule has 3 nitrogen and oxygen atoms in total. The Bertz CT molecular complexity index is 382. The number of rotatable bonds is 5. The van der Waals surface area contributed by atoms with Crippen molar-refractivity contribution >= 4 is 5.97 Å². The number of aliphatic carboxylic acids is 1. The van der Waals surface area contributed by atoms with E-state index in [0.29, 0.717) is 12.8 Å². The first-order chi connectivity index (χ1) is 7.50. The average Bonchev–Trinajstić information content (AvgIpc) is 2.21. The van der Waals surface area contributed by atoms with Crippen molar-refractivity contribution < 1.29 is 18.7 Å². The Morgan fingerprint density at radius 3 is 2.75 bits per heavy atom. The number of nitrogens with two attached hydrogens (primary N) is 1. The minimum atomic E-state index is -0.924. The third-order valence-corrected chi connectivity index (χ3v) is 2.26. The smallest absolute Gasteiger partial charge is 0.303 e. The van der Waals surface area contributed by atoms with E-state index < -0.39 is 23.6 Å². The van der Waals surface area contributed by atoms with Gasteiger partial charge in [0, 0.05) is 18.0 Å². The maximum absolute atomic E-state index is 13.2. The Morgan fingerprint density at radius 2 is 2.12 bits per heavy atom. The van der Waals surface area contributed by atoms with Gasteiger partial charge >= 0.3 is 5.97 Å². The number of hydrogen-bond acceptors (Lipinski definition) is 2. The molecular weight excluding hydrogens is 216 g/mol. The number of carboxylic acids is 1. The van der Waals surface area contributed by atoms with Crippen molar-refractivity contribution in [2.45, 2.75) is 25.3 Å². The molecule has 0 spiro atoms. The molecular formula is C11H13F2NO2. The minimum Gasteiger partial charge on any atom is -0.481 e. The fourth-order valence-electron chi connectivity index (χ4n) is 1.43. The Hall–Kier alpha value is -1.49. The monoisotopic (exact) mass is 229 g/mol. The highest BCUT2D eigenvalue weighted by molar-refractivity contribution is 5.66. The van der Waals surface area contributed by atoms with Crippen LogP contribution in [0.1, 0.15) is 30.9 Å². The first-order valence-electron chi connectivity index (χ1n) is 4.93. The van der Waals surface area contributed by atoms with Crippen LogP contribution in [-0.4, -0.2) is 11.1 Å². The predicted octanol–water partition coefficient (Wildman–Crippen LogP) is 2.22. The molecule has 3 N–H and O–H groups in total. The maximum atomic E-state index is 13.2. The van der Waals surface area contributed by atoms with E-state index in [-0.39, 0.29) is 12.0 Å². The number of hydrogen-bond donors (Lipinski definition) is 2. The minimum absolute atomic E-state index is 0.0232. The fraction of sp³-hybridized carbons (Fsp3) is 0.364. The standard InChI is InChI=1S/C11H13F2NO2/c12-7-4-5-9(13)8(6-7)10(14)2-1-3-11(15)16/h4-6,10H,1-3,14H2,(H,15,16). The molecule has 0 fully saturated rings. The summed E-state index contributed by atoms with van der Waals surface area (Å²) < 4.78 is 26.1. The van der Waals surface area contributed by atoms with E-state index in [0.717, 1.165) is 18.2 Å². The highest BCUT2D eigenvalue weighted by atomic mass is 19.1. The van der Waals surface area contributed by atoms with Crippen LogP contribution >= 0.6 is 0 Å². The van der Waals surface area contributed by atoms with Crippen molar-refractivity contribution in [3.8, 4) is 0 Å². The lowest BCUT2D eigenvalue weighted by Gasteiger charge is -2.12. The van der Waals surface area contributed by atoms with Gasteiger partial charge in [0.05, 0.1) is 0 Å². The van der Waals surface area contributed by atoms with Crippen LogP contribution in [0.2, 0.25) is 0 Å². The molecule has 1 aromatic carbocycles. The summed E-state index contributed by atoms with van der Waals surface area (Å²) in [6.45, 7) is 0. The lowest BCUT2D eigenvalue weighted by molar-refractivity contribution is -0.137. The summed E-state index contributed by atoms with van der Waals surface area (Å²) in [5.41, 5.74) is 5.74. The van der Waals surface area contributed by atoms with Crippen molar-refractivity contribution in [3.63, 3.8) is 0 Å². The molecule has 0 heterocycles. The molecule has 0 radical (unpaired) electrons. The summed E-state index contributed by atoms with van der Waals surface area (Å²) in [5, 5.41) is 8.42. The van der Waals surface area contributed by atoms with E-state index in [2.05, 4.69) is 0 Å². The fourth-order valence-corrected chi connectivity index (χ4v) is 1.43. The predicted molar refractivity (Wildman–Crippen MR) is 54.8 cm³/mol. The van der Waals surface area contributed by atoms with E-state index >= 15 is 0 Å². The van der Waals surface area contributed by atoms with Gasteiger partial charge in [-0.2, -0.15) is 0 Å². The molecule has 0 aliphatic heterocycles. The van der Waals surface area contributed by atoms with Crippen molar-refractivity contribution in [2.24, 2.45) is 5.73 Å². The van der Waals surface area contributed by atoms with E-state index in [4.69, 9.17) is 10.8 Å². The zero-order chi connectivity index (χ0) is 12.1. The van der Waals surface area contributed by atoms with Crippen molar-refractivity contribution in [3.05, 3.63) is 35.4 Å². The third kappa shape index (κ3) is 3.58. The molecule has 1 unspecified atom stereocenters. The lowest BCUT2D eigenvalue weighted by atomic mass is 10.0. The van der Waals surface area contributed by atoms with Gasteiger partial charge < -0.3 is 10.8 Å². The van der Waals surface area contributed by atoms with Crippen molar-refractivity contribution in [2.75, 3.05) is 0 Å². The van der Waals surface area contributed by atoms with Gasteiger partial charge in [-0.25, -0.2) is 8.78 Å². The molecule has 0 aromatic heterocycles. The van der Waals surface area contributed by atoms with Crippen LogP contribution in [-0.2, 0) is 4.79 Å². The summed E-state index contributed by atoms with van der Waals surface area (Å²) in [7, 11) is 0. The van der Waals surface area contributed by atoms with Gasteiger partial charge in [-0.3, -0.25) is 4.79 Å². The molecule has 1 rings (SSSR count). The van der Waals surface area contributed by atoms with Gasteiger partial charge in [-0.15, -0.1) is 0 Å². The molecule has 0 saturated carbocycles. The second-order valence-corrected chi connectivity index (χ2v) is 3.56. The zero-order valence-corrected chi connectivity index (χ0v) is 8.62. The molecule has 0 aliphatic carbocycles. The summed E-state index contributed by atoms with van der Waals surface area (Å²) in [5.74, 6) is -2.04. The molecule has 0 aliphatic rings. The van der Waals surface area contributed by atoms with Gasteiger partial charge in [0.15, 0.2) is 0 Å². The Morgan fingerprint density at radius 1 is 1.44 bits per heavy atom. The number of halogens is 2. The van der Waals surface area contributed by atoms with Gasteiger partial charge in [-0.1, -0.05) is 0 Å². The molecule has 5 heteroatoms. The molecule has 88 valence electrons. The summed E-state index contributed by atoms with van der Waals surface area (Å²) in [4.78, 5) is 10.3. The lowest BCUT2D eigenvalue weighted by Crippen LogP contribution is -2.13. The summed E-state index contributed by atoms with van der Waals surface area (Å²) >= 11 is 0. The van der Waals surface area contributed by atoms with Crippen LogP contribution in [0.3, 0.4) is 0 Å². The molecule has 1 atom stereocenters. The quantitative estimate of drug-likeness (QED) is 0.813. The zero-order valence-electron chi connectivity index (χ0n) is 8.62. The van der Waals surface area contributed by atoms with Gasteiger partial charge in [0.1, 0.15) is 11.6 Å². The summed E-state index contributed by atoms with van der Waals surface area (Å²) in [6, 6.07) is 2.40. The van der Waals surface area contributed by atoms with Gasteiger partial charge in [-0.05, 0) is 31.0 Å². The Labute approximate surface area is 91.9 Å². The van der Waals surface area contributed by atoms with Crippen LogP contribution in [0.25, 0.3) is 0 Å². The van der Waals surface area contributed by atoms with Crippen LogP contribution in [0.15, 0.2) is 18.2 Å². The van der Waals surface area contributed by atoms with Crippen molar-refractivity contribution in [1.29, 1.82) is 0 Å². The van der Waals surface area contributed by atoms with Gasteiger partial charge in [0.25, 0.3) is 0 Å².